The minimum Gasteiger partial charge on any atom is -0.444 e. The molecular weight excluding hydrogens is 374 g/mol. The van der Waals surface area contributed by atoms with E-state index in [0.29, 0.717) is 16.1 Å². The van der Waals surface area contributed by atoms with Crippen LogP contribution in [0.1, 0.15) is 35.9 Å². The number of carbonyl (C=O) groups is 2. The molecule has 0 spiro atoms. The van der Waals surface area contributed by atoms with Crippen LogP contribution in [0.5, 0.6) is 0 Å². The highest BCUT2D eigenvalue weighted by molar-refractivity contribution is 9.10. The van der Waals surface area contributed by atoms with Crippen molar-refractivity contribution in [3.8, 4) is 0 Å². The second-order valence-corrected chi connectivity index (χ2v) is 6.36. The molecule has 0 unspecified atom stereocenters. The predicted octanol–water partition coefficient (Wildman–Crippen LogP) is 3.54. The summed E-state index contributed by atoms with van der Waals surface area (Å²) in [7, 11) is 0. The number of nitrogens with one attached hydrogen (secondary N) is 2. The lowest BCUT2D eigenvalue weighted by molar-refractivity contribution is -0.122. The number of benzene rings is 1. The van der Waals surface area contributed by atoms with Gasteiger partial charge in [0.05, 0.1) is 5.71 Å². The number of rotatable bonds is 5. The lowest BCUT2D eigenvalue weighted by atomic mass is 10.1. The van der Waals surface area contributed by atoms with Crippen LogP contribution < -0.4 is 10.7 Å². The summed E-state index contributed by atoms with van der Waals surface area (Å²) in [6.45, 7) is 1.82. The van der Waals surface area contributed by atoms with Gasteiger partial charge in [0.15, 0.2) is 10.4 Å². The van der Waals surface area contributed by atoms with Crippen LogP contribution >= 0.6 is 15.9 Å². The van der Waals surface area contributed by atoms with Crippen LogP contribution in [0.2, 0.25) is 0 Å². The molecule has 1 aliphatic rings. The first kappa shape index (κ1) is 16.4. The summed E-state index contributed by atoms with van der Waals surface area (Å²) in [4.78, 5) is 23.6. The van der Waals surface area contributed by atoms with Gasteiger partial charge in [-0.2, -0.15) is 5.10 Å². The molecule has 1 aromatic carbocycles. The fourth-order valence-electron chi connectivity index (χ4n) is 2.06. The van der Waals surface area contributed by atoms with Gasteiger partial charge < -0.3 is 9.73 Å². The Kier molecular flexibility index (Phi) is 4.80. The van der Waals surface area contributed by atoms with Crippen molar-refractivity contribution in [2.45, 2.75) is 19.8 Å². The Balaban J connectivity index is 1.61. The molecule has 2 aromatic rings. The highest BCUT2D eigenvalue weighted by Gasteiger charge is 2.29. The normalized spacial score (nSPS) is 14.3. The van der Waals surface area contributed by atoms with Gasteiger partial charge in [-0.3, -0.25) is 9.59 Å². The molecule has 7 heteroatoms. The SMILES string of the molecule is C/C(=N\NC(=O)C1CC1)c1ccc(NC(=O)c2ccc(Br)o2)cc1. The number of hydrogen-bond acceptors (Lipinski definition) is 4. The van der Waals surface area contributed by atoms with Crippen molar-refractivity contribution in [1.29, 1.82) is 0 Å². The molecule has 0 saturated heterocycles. The largest absolute Gasteiger partial charge is 0.444 e. The van der Waals surface area contributed by atoms with Crippen molar-refractivity contribution in [3.63, 3.8) is 0 Å². The lowest BCUT2D eigenvalue weighted by Crippen LogP contribution is -2.20. The Labute approximate surface area is 147 Å². The Morgan fingerprint density at radius 3 is 2.46 bits per heavy atom. The van der Waals surface area contributed by atoms with E-state index >= 15 is 0 Å². The molecule has 2 amide bonds. The van der Waals surface area contributed by atoms with Gasteiger partial charge in [0.25, 0.3) is 5.91 Å². The maximum absolute atomic E-state index is 12.0. The number of nitrogens with zero attached hydrogens (tertiary/aromatic N) is 1. The maximum atomic E-state index is 12.0. The predicted molar refractivity (Wildman–Crippen MR) is 93.9 cm³/mol. The van der Waals surface area contributed by atoms with Crippen molar-refractivity contribution in [3.05, 3.63) is 52.4 Å². The maximum Gasteiger partial charge on any atom is 0.291 e. The van der Waals surface area contributed by atoms with Gasteiger partial charge in [-0.25, -0.2) is 5.43 Å². The standard InChI is InChI=1S/C17H16BrN3O3/c1-10(20-21-16(22)12-2-3-12)11-4-6-13(7-5-11)19-17(23)14-8-9-15(18)24-14/h4-9,12H,2-3H2,1H3,(H,19,23)(H,21,22)/b20-10+. The number of halogens is 1. The second kappa shape index (κ2) is 7.00. The molecule has 6 nitrogen and oxygen atoms in total. The minimum atomic E-state index is -0.324. The van der Waals surface area contributed by atoms with E-state index in [1.165, 1.54) is 0 Å². The Hall–Kier alpha value is -2.41. The molecule has 124 valence electrons. The smallest absolute Gasteiger partial charge is 0.291 e. The molecule has 0 bridgehead atoms. The van der Waals surface area contributed by atoms with Crippen LogP contribution in [0, 0.1) is 5.92 Å². The highest BCUT2D eigenvalue weighted by Crippen LogP contribution is 2.28. The number of amides is 2. The van der Waals surface area contributed by atoms with Crippen molar-refractivity contribution in [2.75, 3.05) is 5.32 Å². The van der Waals surface area contributed by atoms with Crippen molar-refractivity contribution >= 4 is 39.1 Å². The zero-order valence-corrected chi connectivity index (χ0v) is 14.6. The van der Waals surface area contributed by atoms with E-state index in [9.17, 15) is 9.59 Å². The van der Waals surface area contributed by atoms with Gasteiger partial charge in [-0.15, -0.1) is 0 Å². The first-order valence-corrected chi connectivity index (χ1v) is 8.33. The van der Waals surface area contributed by atoms with E-state index in [0.717, 1.165) is 18.4 Å². The topological polar surface area (TPSA) is 83.7 Å². The molecule has 0 radical (unpaired) electrons. The summed E-state index contributed by atoms with van der Waals surface area (Å²) in [6.07, 6.45) is 1.89. The molecule has 1 fully saturated rings. The van der Waals surface area contributed by atoms with Gasteiger partial charge in [-0.05, 0) is 65.5 Å². The first-order chi connectivity index (χ1) is 11.5. The average molecular weight is 390 g/mol. The van der Waals surface area contributed by atoms with E-state index in [2.05, 4.69) is 31.8 Å². The van der Waals surface area contributed by atoms with Gasteiger partial charge in [-0.1, -0.05) is 12.1 Å². The third-order valence-electron chi connectivity index (χ3n) is 3.64. The zero-order chi connectivity index (χ0) is 17.1. The highest BCUT2D eigenvalue weighted by atomic mass is 79.9. The summed E-state index contributed by atoms with van der Waals surface area (Å²) in [5, 5.41) is 6.85. The second-order valence-electron chi connectivity index (χ2n) is 5.58. The van der Waals surface area contributed by atoms with Crippen LogP contribution in [0.4, 0.5) is 5.69 Å². The van der Waals surface area contributed by atoms with Crippen molar-refractivity contribution < 1.29 is 14.0 Å². The van der Waals surface area contributed by atoms with Crippen molar-refractivity contribution in [2.24, 2.45) is 11.0 Å². The van der Waals surface area contributed by atoms with E-state index in [1.807, 2.05) is 19.1 Å². The molecule has 2 N–H and O–H groups in total. The van der Waals surface area contributed by atoms with Gasteiger partial charge in [0, 0.05) is 11.6 Å². The summed E-state index contributed by atoms with van der Waals surface area (Å²) < 4.78 is 5.71. The number of carbonyl (C=O) groups excluding carboxylic acids is 2. The zero-order valence-electron chi connectivity index (χ0n) is 13.0. The third kappa shape index (κ3) is 4.11. The molecule has 1 aromatic heterocycles. The van der Waals surface area contributed by atoms with Crippen molar-refractivity contribution in [1.82, 2.24) is 5.43 Å². The summed E-state index contributed by atoms with van der Waals surface area (Å²) in [5.41, 5.74) is 4.79. The van der Waals surface area contributed by atoms with Crippen LogP contribution in [0.15, 0.2) is 50.6 Å². The fourth-order valence-corrected chi connectivity index (χ4v) is 2.37. The van der Waals surface area contributed by atoms with Gasteiger partial charge in [0.1, 0.15) is 0 Å². The fraction of sp³-hybridized carbons (Fsp3) is 0.235. The molecule has 24 heavy (non-hydrogen) atoms. The monoisotopic (exact) mass is 389 g/mol. The lowest BCUT2D eigenvalue weighted by Gasteiger charge is -2.06. The number of anilines is 1. The van der Waals surface area contributed by atoms with Crippen LogP contribution in [-0.4, -0.2) is 17.5 Å². The summed E-state index contributed by atoms with van der Waals surface area (Å²) in [5.74, 6) is 0.00522. The third-order valence-corrected chi connectivity index (χ3v) is 4.07. The Morgan fingerprint density at radius 2 is 1.88 bits per heavy atom. The van der Waals surface area contributed by atoms with E-state index < -0.39 is 0 Å². The Bertz CT molecular complexity index is 792. The molecule has 1 saturated carbocycles. The summed E-state index contributed by atoms with van der Waals surface area (Å²) >= 11 is 3.16. The van der Waals surface area contributed by atoms with E-state index in [4.69, 9.17) is 4.42 Å². The van der Waals surface area contributed by atoms with Gasteiger partial charge >= 0.3 is 0 Å². The van der Waals surface area contributed by atoms with Gasteiger partial charge in [0.2, 0.25) is 5.91 Å². The molecule has 0 atom stereocenters. The molecule has 3 rings (SSSR count). The molecule has 0 aliphatic heterocycles. The quantitative estimate of drug-likeness (QED) is 0.605. The Morgan fingerprint density at radius 1 is 1.17 bits per heavy atom. The summed E-state index contributed by atoms with van der Waals surface area (Å²) in [6, 6.07) is 10.5. The first-order valence-electron chi connectivity index (χ1n) is 7.54. The number of hydrogen-bond donors (Lipinski definition) is 2. The minimum absolute atomic E-state index is 0.0251. The van der Waals surface area contributed by atoms with Crippen LogP contribution in [-0.2, 0) is 4.79 Å². The van der Waals surface area contributed by atoms with E-state index in [1.54, 1.807) is 24.3 Å². The molecule has 1 heterocycles. The average Bonchev–Trinajstić information content (AvgIpc) is 3.34. The molecular formula is C17H16BrN3O3. The molecule has 1 aliphatic carbocycles. The number of furan rings is 1. The van der Waals surface area contributed by atoms with E-state index in [-0.39, 0.29) is 23.5 Å². The van der Waals surface area contributed by atoms with Crippen LogP contribution in [0.25, 0.3) is 0 Å². The number of hydrazone groups is 1. The van der Waals surface area contributed by atoms with Crippen LogP contribution in [0.3, 0.4) is 0 Å².